The van der Waals surface area contributed by atoms with Crippen molar-refractivity contribution in [3.8, 4) is 0 Å². The molecule has 0 spiro atoms. The molecule has 1 aromatic rings. The Morgan fingerprint density at radius 3 is 2.25 bits per heavy atom. The molecule has 112 valence electrons. The van der Waals surface area contributed by atoms with Crippen molar-refractivity contribution in [1.82, 2.24) is 0 Å². The molecule has 2 heteroatoms. The Morgan fingerprint density at radius 1 is 1.10 bits per heavy atom. The number of nitrogens with zero attached hydrogens (tertiary/aromatic N) is 1. The van der Waals surface area contributed by atoms with Crippen molar-refractivity contribution in [1.29, 1.82) is 0 Å². The lowest BCUT2D eigenvalue weighted by Crippen LogP contribution is -2.46. The molecule has 4 atom stereocenters. The van der Waals surface area contributed by atoms with E-state index in [1.165, 1.54) is 29.7 Å². The Balaban J connectivity index is 2.08. The van der Waals surface area contributed by atoms with Gasteiger partial charge in [0.2, 0.25) is 0 Å². The smallest absolute Gasteiger partial charge is 0.0369 e. The van der Waals surface area contributed by atoms with E-state index >= 15 is 0 Å². The lowest BCUT2D eigenvalue weighted by atomic mass is 9.72. The highest BCUT2D eigenvalue weighted by atomic mass is 15.1. The largest absolute Gasteiger partial charge is 0.374 e. The summed E-state index contributed by atoms with van der Waals surface area (Å²) in [5, 5.41) is 0. The highest BCUT2D eigenvalue weighted by Crippen LogP contribution is 2.34. The van der Waals surface area contributed by atoms with Crippen LogP contribution in [0.25, 0.3) is 0 Å². The predicted octanol–water partition coefficient (Wildman–Crippen LogP) is 3.75. The van der Waals surface area contributed by atoms with E-state index in [0.29, 0.717) is 12.0 Å². The van der Waals surface area contributed by atoms with Crippen molar-refractivity contribution in [2.24, 2.45) is 23.5 Å². The van der Waals surface area contributed by atoms with Crippen molar-refractivity contribution in [3.63, 3.8) is 0 Å². The van der Waals surface area contributed by atoms with Crippen LogP contribution < -0.4 is 10.6 Å². The maximum Gasteiger partial charge on any atom is 0.0369 e. The quantitative estimate of drug-likeness (QED) is 0.909. The Labute approximate surface area is 124 Å². The van der Waals surface area contributed by atoms with E-state index in [1.807, 2.05) is 0 Å². The molecule has 1 aromatic carbocycles. The van der Waals surface area contributed by atoms with Crippen molar-refractivity contribution in [2.75, 3.05) is 18.5 Å². The van der Waals surface area contributed by atoms with Crippen molar-refractivity contribution >= 4 is 5.69 Å². The molecule has 0 radical (unpaired) electrons. The number of aryl methyl sites for hydroxylation is 2. The Morgan fingerprint density at radius 2 is 1.70 bits per heavy atom. The third kappa shape index (κ3) is 3.54. The molecule has 2 nitrogen and oxygen atoms in total. The first kappa shape index (κ1) is 15.4. The number of anilines is 1. The van der Waals surface area contributed by atoms with Gasteiger partial charge in [-0.2, -0.15) is 0 Å². The zero-order valence-corrected chi connectivity index (χ0v) is 13.7. The monoisotopic (exact) mass is 274 g/mol. The summed E-state index contributed by atoms with van der Waals surface area (Å²) in [7, 11) is 2.20. The van der Waals surface area contributed by atoms with Crippen LogP contribution in [0.15, 0.2) is 18.2 Å². The van der Waals surface area contributed by atoms with Gasteiger partial charge in [0, 0.05) is 25.3 Å². The minimum absolute atomic E-state index is 0.349. The maximum atomic E-state index is 6.42. The van der Waals surface area contributed by atoms with Crippen molar-refractivity contribution in [2.45, 2.75) is 46.6 Å². The van der Waals surface area contributed by atoms with Gasteiger partial charge in [0.25, 0.3) is 0 Å². The van der Waals surface area contributed by atoms with Crippen LogP contribution in [-0.2, 0) is 0 Å². The van der Waals surface area contributed by atoms with Crippen LogP contribution in [0.5, 0.6) is 0 Å². The average molecular weight is 274 g/mol. The topological polar surface area (TPSA) is 29.3 Å². The van der Waals surface area contributed by atoms with Crippen LogP contribution in [0.2, 0.25) is 0 Å². The van der Waals surface area contributed by atoms with Gasteiger partial charge in [-0.3, -0.25) is 0 Å². The Bertz CT molecular complexity index is 422. The maximum absolute atomic E-state index is 6.42. The molecule has 0 saturated heterocycles. The minimum Gasteiger partial charge on any atom is -0.374 e. The normalized spacial score (nSPS) is 30.3. The minimum atomic E-state index is 0.349. The standard InChI is InChI=1S/C18H30N2/c1-12-6-13(2)9-16(8-12)20(5)11-17-15(4)7-14(3)10-18(17)19/h6,8-9,14-15,17-18H,7,10-11,19H2,1-5H3. The van der Waals surface area contributed by atoms with E-state index in [9.17, 15) is 0 Å². The van der Waals surface area contributed by atoms with Gasteiger partial charge < -0.3 is 10.6 Å². The van der Waals surface area contributed by atoms with E-state index in [2.05, 4.69) is 57.8 Å². The van der Waals surface area contributed by atoms with E-state index < -0.39 is 0 Å². The molecule has 2 rings (SSSR count). The van der Waals surface area contributed by atoms with Crippen LogP contribution >= 0.6 is 0 Å². The second kappa shape index (κ2) is 6.17. The van der Waals surface area contributed by atoms with Gasteiger partial charge in [-0.15, -0.1) is 0 Å². The molecule has 0 heterocycles. The summed E-state index contributed by atoms with van der Waals surface area (Å²) in [5.74, 6) is 2.11. The highest BCUT2D eigenvalue weighted by Gasteiger charge is 2.32. The summed E-state index contributed by atoms with van der Waals surface area (Å²) in [6, 6.07) is 7.12. The first-order chi connectivity index (χ1) is 9.36. The molecule has 1 fully saturated rings. The first-order valence-electron chi connectivity index (χ1n) is 7.92. The van der Waals surface area contributed by atoms with Gasteiger partial charge in [0.15, 0.2) is 0 Å². The van der Waals surface area contributed by atoms with Gasteiger partial charge in [-0.1, -0.05) is 19.9 Å². The first-order valence-corrected chi connectivity index (χ1v) is 7.92. The van der Waals surface area contributed by atoms with Crippen LogP contribution in [0.3, 0.4) is 0 Å². The molecule has 2 N–H and O–H groups in total. The van der Waals surface area contributed by atoms with Crippen LogP contribution in [0.1, 0.15) is 37.8 Å². The van der Waals surface area contributed by atoms with Crippen molar-refractivity contribution in [3.05, 3.63) is 29.3 Å². The molecule has 0 aliphatic heterocycles. The number of hydrogen-bond acceptors (Lipinski definition) is 2. The second-order valence-corrected chi connectivity index (χ2v) is 7.11. The van der Waals surface area contributed by atoms with E-state index in [4.69, 9.17) is 5.73 Å². The van der Waals surface area contributed by atoms with Crippen molar-refractivity contribution < 1.29 is 0 Å². The summed E-state index contributed by atoms with van der Waals surface area (Å²) in [6.07, 6.45) is 2.49. The third-order valence-electron chi connectivity index (χ3n) is 4.86. The molecule has 20 heavy (non-hydrogen) atoms. The summed E-state index contributed by atoms with van der Waals surface area (Å²) < 4.78 is 0. The summed E-state index contributed by atoms with van der Waals surface area (Å²) >= 11 is 0. The number of nitrogens with two attached hydrogens (primary N) is 1. The zero-order chi connectivity index (χ0) is 14.9. The van der Waals surface area contributed by atoms with E-state index in [1.54, 1.807) is 0 Å². The van der Waals surface area contributed by atoms with E-state index in [-0.39, 0.29) is 0 Å². The fraction of sp³-hybridized carbons (Fsp3) is 0.667. The molecule has 1 aliphatic rings. The van der Waals surface area contributed by atoms with Crippen LogP contribution in [0.4, 0.5) is 5.69 Å². The lowest BCUT2D eigenvalue weighted by molar-refractivity contribution is 0.178. The predicted molar refractivity (Wildman–Crippen MR) is 88.2 cm³/mol. The fourth-order valence-electron chi connectivity index (χ4n) is 3.88. The fourth-order valence-corrected chi connectivity index (χ4v) is 3.88. The summed E-state index contributed by atoms with van der Waals surface area (Å²) in [5.41, 5.74) is 10.4. The number of hydrogen-bond donors (Lipinski definition) is 1. The average Bonchev–Trinajstić information content (AvgIpc) is 2.32. The lowest BCUT2D eigenvalue weighted by Gasteiger charge is -2.40. The van der Waals surface area contributed by atoms with Gasteiger partial charge >= 0.3 is 0 Å². The highest BCUT2D eigenvalue weighted by molar-refractivity contribution is 5.50. The van der Waals surface area contributed by atoms with Gasteiger partial charge in [0.05, 0.1) is 0 Å². The van der Waals surface area contributed by atoms with Crippen LogP contribution in [-0.4, -0.2) is 19.6 Å². The molecular formula is C18H30N2. The van der Waals surface area contributed by atoms with E-state index in [0.717, 1.165) is 18.4 Å². The second-order valence-electron chi connectivity index (χ2n) is 7.11. The molecular weight excluding hydrogens is 244 g/mol. The van der Waals surface area contributed by atoms with Crippen LogP contribution in [0, 0.1) is 31.6 Å². The molecule has 4 unspecified atom stereocenters. The molecule has 0 aromatic heterocycles. The zero-order valence-electron chi connectivity index (χ0n) is 13.7. The molecule has 0 bridgehead atoms. The molecule has 0 amide bonds. The number of rotatable bonds is 3. The molecule has 1 aliphatic carbocycles. The van der Waals surface area contributed by atoms with Gasteiger partial charge in [-0.05, 0) is 67.7 Å². The number of benzene rings is 1. The Kier molecular flexibility index (Phi) is 4.74. The SMILES string of the molecule is Cc1cc(C)cc(N(C)CC2C(C)CC(C)CC2N)c1. The Hall–Kier alpha value is -1.02. The molecule has 1 saturated carbocycles. The summed E-state index contributed by atoms with van der Waals surface area (Å²) in [6.45, 7) is 10.1. The van der Waals surface area contributed by atoms with Gasteiger partial charge in [-0.25, -0.2) is 0 Å². The summed E-state index contributed by atoms with van der Waals surface area (Å²) in [4.78, 5) is 2.39. The van der Waals surface area contributed by atoms with Gasteiger partial charge in [0.1, 0.15) is 0 Å². The third-order valence-corrected chi connectivity index (χ3v) is 4.86.